The zero-order chi connectivity index (χ0) is 20.7. The van der Waals surface area contributed by atoms with Gasteiger partial charge < -0.3 is 14.6 Å². The Morgan fingerprint density at radius 1 is 1.07 bits per heavy atom. The second kappa shape index (κ2) is 7.54. The van der Waals surface area contributed by atoms with Crippen LogP contribution in [0.25, 0.3) is 10.9 Å². The number of methoxy groups -OCH3 is 1. The van der Waals surface area contributed by atoms with Gasteiger partial charge >= 0.3 is 0 Å². The number of hydrogen-bond donors (Lipinski definition) is 1. The minimum atomic E-state index is -0.227. The number of carbonyl (C=O) groups is 1. The minimum Gasteiger partial charge on any atom is -0.497 e. The quantitative estimate of drug-likeness (QED) is 0.471. The summed E-state index contributed by atoms with van der Waals surface area (Å²) in [5.41, 5.74) is 5.06. The number of benzene rings is 3. The summed E-state index contributed by atoms with van der Waals surface area (Å²) in [7, 11) is 1.62. The maximum absolute atomic E-state index is 13.5. The summed E-state index contributed by atoms with van der Waals surface area (Å²) in [5, 5.41) is 1.88. The molecule has 0 fully saturated rings. The fraction of sp³-hybridized carbons (Fsp3) is 0.160. The molecular formula is C25H21ClN2O2. The normalized spacial score (nSPS) is 15.8. The number of nitrogens with one attached hydrogen (secondary N) is 1. The molecule has 3 aromatic carbocycles. The molecule has 4 aromatic rings. The maximum Gasteiger partial charge on any atom is 0.254 e. The first kappa shape index (κ1) is 18.8. The number of aromatic nitrogens is 1. The second-order valence-corrected chi connectivity index (χ2v) is 7.93. The number of fused-ring (bicyclic) bond motifs is 3. The molecule has 1 amide bonds. The van der Waals surface area contributed by atoms with Gasteiger partial charge in [0.15, 0.2) is 0 Å². The highest BCUT2D eigenvalue weighted by Gasteiger charge is 2.35. The Kier molecular flexibility index (Phi) is 4.72. The van der Waals surface area contributed by atoms with Crippen LogP contribution >= 0.6 is 11.6 Å². The van der Waals surface area contributed by atoms with E-state index in [0.29, 0.717) is 17.1 Å². The summed E-state index contributed by atoms with van der Waals surface area (Å²) in [6.45, 7) is 0.636. The highest BCUT2D eigenvalue weighted by molar-refractivity contribution is 6.30. The molecule has 0 aliphatic carbocycles. The van der Waals surface area contributed by atoms with Gasteiger partial charge in [0.05, 0.1) is 13.2 Å². The van der Waals surface area contributed by atoms with Crippen LogP contribution < -0.4 is 4.74 Å². The van der Waals surface area contributed by atoms with Crippen LogP contribution in [-0.4, -0.2) is 29.4 Å². The highest BCUT2D eigenvalue weighted by Crippen LogP contribution is 2.39. The van der Waals surface area contributed by atoms with E-state index in [1.165, 1.54) is 10.9 Å². The summed E-state index contributed by atoms with van der Waals surface area (Å²) in [6, 6.07) is 23.1. The summed E-state index contributed by atoms with van der Waals surface area (Å²) in [4.78, 5) is 19.0. The standard InChI is InChI=1S/C25H21ClN2O2/c1-30-19-11-9-16(10-12-19)25(29)28-14-13-21-20-7-2-3-8-22(20)27-23(21)24(28)17-5-4-6-18(26)15-17/h2-12,15,24,27H,13-14H2,1H3. The summed E-state index contributed by atoms with van der Waals surface area (Å²) in [6.07, 6.45) is 0.804. The third-order valence-corrected chi connectivity index (χ3v) is 6.03. The number of H-pyrrole nitrogens is 1. The number of ether oxygens (including phenoxy) is 1. The van der Waals surface area contributed by atoms with E-state index in [1.54, 1.807) is 7.11 Å². The fourth-order valence-electron chi connectivity index (χ4n) is 4.38. The van der Waals surface area contributed by atoms with Crippen LogP contribution in [0.15, 0.2) is 72.8 Å². The van der Waals surface area contributed by atoms with Crippen LogP contribution in [0.3, 0.4) is 0 Å². The molecule has 0 spiro atoms. The molecule has 0 saturated carbocycles. The third kappa shape index (κ3) is 3.14. The maximum atomic E-state index is 13.5. The third-order valence-electron chi connectivity index (χ3n) is 5.80. The number of halogens is 1. The van der Waals surface area contributed by atoms with Gasteiger partial charge in [-0.3, -0.25) is 4.79 Å². The van der Waals surface area contributed by atoms with E-state index >= 15 is 0 Å². The van der Waals surface area contributed by atoms with Crippen LogP contribution in [-0.2, 0) is 6.42 Å². The van der Waals surface area contributed by atoms with Crippen molar-refractivity contribution in [1.82, 2.24) is 9.88 Å². The first-order valence-electron chi connectivity index (χ1n) is 9.95. The van der Waals surface area contributed by atoms with Gasteiger partial charge in [-0.2, -0.15) is 0 Å². The zero-order valence-corrected chi connectivity index (χ0v) is 17.3. The fourth-order valence-corrected chi connectivity index (χ4v) is 4.58. The number of aromatic amines is 1. The Bertz CT molecular complexity index is 1230. The van der Waals surface area contributed by atoms with Gasteiger partial charge in [0.2, 0.25) is 0 Å². The van der Waals surface area contributed by atoms with Gasteiger partial charge in [0, 0.05) is 33.7 Å². The number of nitrogens with zero attached hydrogens (tertiary/aromatic N) is 1. The Labute approximate surface area is 180 Å². The molecule has 30 heavy (non-hydrogen) atoms. The molecule has 0 radical (unpaired) electrons. The van der Waals surface area contributed by atoms with Crippen molar-refractivity contribution in [2.24, 2.45) is 0 Å². The topological polar surface area (TPSA) is 45.3 Å². The molecule has 1 aromatic heterocycles. The van der Waals surface area contributed by atoms with E-state index < -0.39 is 0 Å². The van der Waals surface area contributed by atoms with Crippen molar-refractivity contribution in [3.05, 3.63) is 100 Å². The van der Waals surface area contributed by atoms with E-state index in [-0.39, 0.29) is 11.9 Å². The lowest BCUT2D eigenvalue weighted by molar-refractivity contribution is 0.0692. The zero-order valence-electron chi connectivity index (χ0n) is 16.6. The molecule has 5 heteroatoms. The van der Waals surface area contributed by atoms with Gasteiger partial charge in [-0.1, -0.05) is 41.9 Å². The van der Waals surface area contributed by atoms with Gasteiger partial charge in [0.1, 0.15) is 5.75 Å². The van der Waals surface area contributed by atoms with E-state index in [1.807, 2.05) is 59.5 Å². The van der Waals surface area contributed by atoms with Crippen molar-refractivity contribution in [3.63, 3.8) is 0 Å². The number of rotatable bonds is 3. The van der Waals surface area contributed by atoms with Crippen LogP contribution in [0.2, 0.25) is 5.02 Å². The smallest absolute Gasteiger partial charge is 0.254 e. The van der Waals surface area contributed by atoms with Gasteiger partial charge in [0.25, 0.3) is 5.91 Å². The Morgan fingerprint density at radius 3 is 2.63 bits per heavy atom. The predicted octanol–water partition coefficient (Wildman–Crippen LogP) is 5.62. The first-order chi connectivity index (χ1) is 14.7. The SMILES string of the molecule is COc1ccc(C(=O)N2CCc3c([nH]c4ccccc34)C2c2cccc(Cl)c2)cc1. The van der Waals surface area contributed by atoms with E-state index in [2.05, 4.69) is 23.2 Å². The Hall–Kier alpha value is -3.24. The highest BCUT2D eigenvalue weighted by atomic mass is 35.5. The summed E-state index contributed by atoms with van der Waals surface area (Å²) < 4.78 is 5.23. The van der Waals surface area contributed by atoms with Crippen LogP contribution in [0.1, 0.15) is 33.2 Å². The van der Waals surface area contributed by atoms with E-state index in [0.717, 1.165) is 28.9 Å². The molecule has 1 unspecified atom stereocenters. The first-order valence-corrected chi connectivity index (χ1v) is 10.3. The van der Waals surface area contributed by atoms with Gasteiger partial charge in [-0.15, -0.1) is 0 Å². The number of para-hydroxylation sites is 1. The van der Waals surface area contributed by atoms with E-state index in [4.69, 9.17) is 16.3 Å². The Morgan fingerprint density at radius 2 is 1.87 bits per heavy atom. The van der Waals surface area contributed by atoms with Crippen molar-refractivity contribution in [1.29, 1.82) is 0 Å². The van der Waals surface area contributed by atoms with Crippen molar-refractivity contribution in [2.45, 2.75) is 12.5 Å². The van der Waals surface area contributed by atoms with Gasteiger partial charge in [-0.25, -0.2) is 0 Å². The summed E-state index contributed by atoms with van der Waals surface area (Å²) in [5.74, 6) is 0.724. The van der Waals surface area contributed by atoms with Crippen molar-refractivity contribution in [3.8, 4) is 5.75 Å². The molecule has 1 atom stereocenters. The lowest BCUT2D eigenvalue weighted by Crippen LogP contribution is -2.40. The summed E-state index contributed by atoms with van der Waals surface area (Å²) >= 11 is 6.32. The second-order valence-electron chi connectivity index (χ2n) is 7.50. The number of carbonyl (C=O) groups excluding carboxylic acids is 1. The molecule has 4 nitrogen and oxygen atoms in total. The minimum absolute atomic E-state index is 0.00747. The molecule has 1 aliphatic heterocycles. The van der Waals surface area contributed by atoms with Crippen LogP contribution in [0, 0.1) is 0 Å². The number of amides is 1. The Balaban J connectivity index is 1.63. The molecule has 0 saturated heterocycles. The molecule has 0 bridgehead atoms. The lowest BCUT2D eigenvalue weighted by atomic mass is 9.91. The predicted molar refractivity (Wildman–Crippen MR) is 119 cm³/mol. The molecule has 150 valence electrons. The van der Waals surface area contributed by atoms with Gasteiger partial charge in [-0.05, 0) is 60.0 Å². The molecule has 5 rings (SSSR count). The van der Waals surface area contributed by atoms with E-state index in [9.17, 15) is 4.79 Å². The number of hydrogen-bond acceptors (Lipinski definition) is 2. The van der Waals surface area contributed by atoms with Crippen molar-refractivity contribution >= 4 is 28.4 Å². The van der Waals surface area contributed by atoms with Crippen LogP contribution in [0.5, 0.6) is 5.75 Å². The molecular weight excluding hydrogens is 396 g/mol. The average Bonchev–Trinajstić information content (AvgIpc) is 3.16. The molecule has 1 N–H and O–H groups in total. The lowest BCUT2D eigenvalue weighted by Gasteiger charge is -2.36. The monoisotopic (exact) mass is 416 g/mol. The van der Waals surface area contributed by atoms with Crippen molar-refractivity contribution < 1.29 is 9.53 Å². The molecule has 2 heterocycles. The average molecular weight is 417 g/mol. The van der Waals surface area contributed by atoms with Crippen molar-refractivity contribution in [2.75, 3.05) is 13.7 Å². The largest absolute Gasteiger partial charge is 0.497 e. The molecule has 1 aliphatic rings. The van der Waals surface area contributed by atoms with Crippen LogP contribution in [0.4, 0.5) is 0 Å².